The van der Waals surface area contributed by atoms with Gasteiger partial charge in [0.1, 0.15) is 5.69 Å². The standard InChI is InChI=1S/C17H20N4O3S2/c1-4-5-10-21(14-8-6-13(11-18)7-9-14)17-19-15(12(2)25-17)16(22)20-26(3,23)24/h6-9H,4-5,10H2,1-3H3,(H,20,22). The molecule has 0 spiro atoms. The highest BCUT2D eigenvalue weighted by atomic mass is 32.2. The second-order valence-electron chi connectivity index (χ2n) is 5.77. The number of sulfonamides is 1. The lowest BCUT2D eigenvalue weighted by molar-refractivity contribution is 0.0977. The number of hydrogen-bond acceptors (Lipinski definition) is 7. The first-order chi connectivity index (χ1) is 12.2. The number of carbonyl (C=O) groups excluding carboxylic acids is 1. The zero-order chi connectivity index (χ0) is 19.3. The van der Waals surface area contributed by atoms with Gasteiger partial charge in [-0.2, -0.15) is 5.26 Å². The SMILES string of the molecule is CCCCN(c1ccc(C#N)cc1)c1nc(C(=O)NS(C)(=O)=O)c(C)s1. The van der Waals surface area contributed by atoms with E-state index in [-0.39, 0.29) is 5.69 Å². The average Bonchev–Trinajstić information content (AvgIpc) is 2.96. The fraction of sp³-hybridized carbons (Fsp3) is 0.353. The van der Waals surface area contributed by atoms with Crippen LogP contribution in [0.1, 0.15) is 40.7 Å². The molecule has 9 heteroatoms. The van der Waals surface area contributed by atoms with Crippen LogP contribution in [0.2, 0.25) is 0 Å². The summed E-state index contributed by atoms with van der Waals surface area (Å²) < 4.78 is 24.5. The molecule has 1 aromatic heterocycles. The monoisotopic (exact) mass is 392 g/mol. The minimum atomic E-state index is -3.65. The van der Waals surface area contributed by atoms with E-state index in [1.807, 2.05) is 21.8 Å². The number of aryl methyl sites for hydroxylation is 1. The van der Waals surface area contributed by atoms with Crippen LogP contribution in [0, 0.1) is 18.3 Å². The third-order valence-electron chi connectivity index (χ3n) is 3.55. The van der Waals surface area contributed by atoms with E-state index >= 15 is 0 Å². The van der Waals surface area contributed by atoms with Crippen molar-refractivity contribution in [2.45, 2.75) is 26.7 Å². The Hall–Kier alpha value is -2.44. The molecular formula is C17H20N4O3S2. The molecule has 0 fully saturated rings. The third kappa shape index (κ3) is 5.03. The Morgan fingerprint density at radius 2 is 2.00 bits per heavy atom. The number of amides is 1. The normalized spacial score (nSPS) is 11.0. The summed E-state index contributed by atoms with van der Waals surface area (Å²) in [6.07, 6.45) is 2.83. The molecule has 0 bridgehead atoms. The van der Waals surface area contributed by atoms with Crippen LogP contribution in [-0.2, 0) is 10.0 Å². The Labute approximate surface area is 157 Å². The van der Waals surface area contributed by atoms with Gasteiger partial charge in [-0.25, -0.2) is 18.1 Å². The molecule has 0 saturated heterocycles. The summed E-state index contributed by atoms with van der Waals surface area (Å²) in [6.45, 7) is 4.51. The van der Waals surface area contributed by atoms with Crippen molar-refractivity contribution < 1.29 is 13.2 Å². The molecule has 0 unspecified atom stereocenters. The number of nitrogens with one attached hydrogen (secondary N) is 1. The molecule has 1 aromatic carbocycles. The van der Waals surface area contributed by atoms with Crippen LogP contribution in [0.15, 0.2) is 24.3 Å². The second-order valence-corrected chi connectivity index (χ2v) is 8.70. The first-order valence-electron chi connectivity index (χ1n) is 8.02. The highest BCUT2D eigenvalue weighted by Gasteiger charge is 2.21. The zero-order valence-electron chi connectivity index (χ0n) is 14.8. The van der Waals surface area contributed by atoms with Crippen LogP contribution in [0.25, 0.3) is 0 Å². The summed E-state index contributed by atoms with van der Waals surface area (Å²) in [4.78, 5) is 19.1. The highest BCUT2D eigenvalue weighted by Crippen LogP contribution is 2.32. The van der Waals surface area contributed by atoms with Crippen molar-refractivity contribution in [2.75, 3.05) is 17.7 Å². The van der Waals surface area contributed by atoms with Crippen molar-refractivity contribution >= 4 is 38.1 Å². The molecule has 0 aliphatic heterocycles. The Kier molecular flexibility index (Phi) is 6.34. The molecular weight excluding hydrogens is 372 g/mol. The average molecular weight is 393 g/mol. The Morgan fingerprint density at radius 1 is 1.35 bits per heavy atom. The number of nitrogens with zero attached hydrogens (tertiary/aromatic N) is 3. The fourth-order valence-electron chi connectivity index (χ4n) is 2.29. The van der Waals surface area contributed by atoms with E-state index in [1.54, 1.807) is 19.1 Å². The van der Waals surface area contributed by atoms with Gasteiger partial charge in [0, 0.05) is 17.1 Å². The van der Waals surface area contributed by atoms with Crippen LogP contribution < -0.4 is 9.62 Å². The predicted octanol–water partition coefficient (Wildman–Crippen LogP) is 2.95. The Morgan fingerprint density at radius 3 is 2.54 bits per heavy atom. The molecule has 7 nitrogen and oxygen atoms in total. The van der Waals surface area contributed by atoms with Gasteiger partial charge < -0.3 is 4.90 Å². The molecule has 1 heterocycles. The van der Waals surface area contributed by atoms with Crippen molar-refractivity contribution in [1.29, 1.82) is 5.26 Å². The van der Waals surface area contributed by atoms with Crippen molar-refractivity contribution in [3.63, 3.8) is 0 Å². The predicted molar refractivity (Wildman–Crippen MR) is 102 cm³/mol. The summed E-state index contributed by atoms with van der Waals surface area (Å²) in [6, 6.07) is 9.21. The fourth-order valence-corrected chi connectivity index (χ4v) is 3.68. The van der Waals surface area contributed by atoms with Crippen LogP contribution in [0.4, 0.5) is 10.8 Å². The molecule has 2 aromatic rings. The van der Waals surface area contributed by atoms with Crippen LogP contribution in [0.5, 0.6) is 0 Å². The van der Waals surface area contributed by atoms with Crippen LogP contribution in [-0.4, -0.2) is 32.1 Å². The van der Waals surface area contributed by atoms with Gasteiger partial charge in [0.25, 0.3) is 5.91 Å². The van der Waals surface area contributed by atoms with Crippen molar-refractivity contribution in [2.24, 2.45) is 0 Å². The number of hydrogen-bond donors (Lipinski definition) is 1. The molecule has 0 aliphatic carbocycles. The largest absolute Gasteiger partial charge is 0.318 e. The molecule has 0 aliphatic rings. The number of anilines is 2. The molecule has 0 saturated carbocycles. The van der Waals surface area contributed by atoms with Gasteiger partial charge in [0.15, 0.2) is 5.13 Å². The summed E-state index contributed by atoms with van der Waals surface area (Å²) in [5.41, 5.74) is 1.53. The lowest BCUT2D eigenvalue weighted by atomic mass is 10.2. The molecule has 1 N–H and O–H groups in total. The van der Waals surface area contributed by atoms with E-state index in [2.05, 4.69) is 18.0 Å². The summed E-state index contributed by atoms with van der Waals surface area (Å²) >= 11 is 1.33. The Bertz CT molecular complexity index is 928. The maximum atomic E-state index is 12.2. The number of benzene rings is 1. The third-order valence-corrected chi connectivity index (χ3v) is 5.10. The molecule has 1 amide bonds. The number of carbonyl (C=O) groups is 1. The van der Waals surface area contributed by atoms with Gasteiger partial charge in [-0.3, -0.25) is 4.79 Å². The van der Waals surface area contributed by atoms with Gasteiger partial charge in [-0.15, -0.1) is 11.3 Å². The topological polar surface area (TPSA) is 103 Å². The van der Waals surface area contributed by atoms with Gasteiger partial charge in [0.05, 0.1) is 17.9 Å². The van der Waals surface area contributed by atoms with E-state index in [1.165, 1.54) is 11.3 Å². The van der Waals surface area contributed by atoms with Crippen LogP contribution in [0.3, 0.4) is 0 Å². The zero-order valence-corrected chi connectivity index (χ0v) is 16.4. The first kappa shape index (κ1) is 19.9. The maximum absolute atomic E-state index is 12.2. The maximum Gasteiger partial charge on any atom is 0.284 e. The Balaban J connectivity index is 2.38. The lowest BCUT2D eigenvalue weighted by Gasteiger charge is -2.21. The minimum Gasteiger partial charge on any atom is -0.318 e. The number of thiazole rings is 1. The van der Waals surface area contributed by atoms with Gasteiger partial charge in [0.2, 0.25) is 10.0 Å². The van der Waals surface area contributed by atoms with Crippen LogP contribution >= 0.6 is 11.3 Å². The van der Waals surface area contributed by atoms with Crippen molar-refractivity contribution in [1.82, 2.24) is 9.71 Å². The number of unbranched alkanes of at least 4 members (excludes halogenated alkanes) is 1. The molecule has 0 atom stereocenters. The lowest BCUT2D eigenvalue weighted by Crippen LogP contribution is -2.30. The summed E-state index contributed by atoms with van der Waals surface area (Å²) in [5, 5.41) is 9.56. The summed E-state index contributed by atoms with van der Waals surface area (Å²) in [5.74, 6) is -0.734. The van der Waals surface area contributed by atoms with Gasteiger partial charge in [-0.1, -0.05) is 13.3 Å². The smallest absolute Gasteiger partial charge is 0.284 e. The molecule has 2 rings (SSSR count). The van der Waals surface area contributed by atoms with Crippen molar-refractivity contribution in [3.8, 4) is 6.07 Å². The van der Waals surface area contributed by atoms with E-state index < -0.39 is 15.9 Å². The quantitative estimate of drug-likeness (QED) is 0.777. The highest BCUT2D eigenvalue weighted by molar-refractivity contribution is 7.89. The van der Waals surface area contributed by atoms with E-state index in [4.69, 9.17) is 5.26 Å². The van der Waals surface area contributed by atoms with Crippen molar-refractivity contribution in [3.05, 3.63) is 40.4 Å². The molecule has 0 radical (unpaired) electrons. The number of nitriles is 1. The van der Waals surface area contributed by atoms with Gasteiger partial charge in [-0.05, 0) is 37.6 Å². The number of rotatable bonds is 7. The van der Waals surface area contributed by atoms with E-state index in [9.17, 15) is 13.2 Å². The molecule has 26 heavy (non-hydrogen) atoms. The summed E-state index contributed by atoms with van der Waals surface area (Å²) in [7, 11) is -3.65. The molecule has 138 valence electrons. The van der Waals surface area contributed by atoms with E-state index in [0.29, 0.717) is 22.1 Å². The second kappa shape index (κ2) is 8.29. The first-order valence-corrected chi connectivity index (χ1v) is 10.7. The van der Waals surface area contributed by atoms with Gasteiger partial charge >= 0.3 is 0 Å². The number of aromatic nitrogens is 1. The van der Waals surface area contributed by atoms with E-state index in [0.717, 1.165) is 24.8 Å². The minimum absolute atomic E-state index is 0.102.